The lowest BCUT2D eigenvalue weighted by molar-refractivity contribution is 0.0692. The molecule has 0 bridgehead atoms. The van der Waals surface area contributed by atoms with Gasteiger partial charge in [0.05, 0.1) is 24.1 Å². The zero-order valence-corrected chi connectivity index (χ0v) is 14.1. The first-order valence-corrected chi connectivity index (χ1v) is 8.35. The monoisotopic (exact) mass is 366 g/mol. The Morgan fingerprint density at radius 3 is 2.52 bits per heavy atom. The largest absolute Gasteiger partial charge is 0.478 e. The van der Waals surface area contributed by atoms with E-state index in [0.29, 0.717) is 5.82 Å². The molecule has 0 aliphatic rings. The van der Waals surface area contributed by atoms with Crippen molar-refractivity contribution < 1.29 is 27.9 Å². The van der Waals surface area contributed by atoms with E-state index in [2.05, 4.69) is 20.3 Å². The second-order valence-electron chi connectivity index (χ2n) is 4.73. The summed E-state index contributed by atoms with van der Waals surface area (Å²) in [6.45, 7) is 1.28. The van der Waals surface area contributed by atoms with Crippen molar-refractivity contribution in [1.29, 1.82) is 0 Å². The molecule has 2 N–H and O–H groups in total. The van der Waals surface area contributed by atoms with Crippen molar-refractivity contribution in [3.63, 3.8) is 0 Å². The second kappa shape index (κ2) is 7.21. The van der Waals surface area contributed by atoms with Crippen LogP contribution in [0.25, 0.3) is 0 Å². The quantitative estimate of drug-likeness (QED) is 0.774. The molecule has 0 fully saturated rings. The fraction of sp³-hybridized carbons (Fsp3) is 0.214. The molecule has 1 amide bonds. The van der Waals surface area contributed by atoms with E-state index >= 15 is 0 Å². The minimum Gasteiger partial charge on any atom is -0.478 e. The van der Waals surface area contributed by atoms with E-state index < -0.39 is 31.5 Å². The number of benzene rings is 1. The minimum atomic E-state index is -4.54. The van der Waals surface area contributed by atoms with Crippen molar-refractivity contribution >= 4 is 21.0 Å². The van der Waals surface area contributed by atoms with E-state index in [1.165, 1.54) is 19.2 Å². The highest BCUT2D eigenvalue weighted by Gasteiger charge is 2.29. The van der Waals surface area contributed by atoms with Crippen LogP contribution in [-0.4, -0.2) is 46.8 Å². The highest BCUT2D eigenvalue weighted by Crippen LogP contribution is 2.17. The first-order chi connectivity index (χ1) is 11.8. The van der Waals surface area contributed by atoms with Gasteiger partial charge in [-0.3, -0.25) is 4.79 Å². The number of carbonyl (C=O) groups is 2. The van der Waals surface area contributed by atoms with Crippen molar-refractivity contribution in [3.8, 4) is 6.01 Å². The van der Waals surface area contributed by atoms with Crippen LogP contribution in [0.5, 0.6) is 6.01 Å². The molecule has 11 heteroatoms. The van der Waals surface area contributed by atoms with E-state index in [1.807, 2.05) is 0 Å². The molecule has 0 aliphatic carbocycles. The minimum absolute atomic E-state index is 0.0239. The van der Waals surface area contributed by atoms with Gasteiger partial charge in [-0.2, -0.15) is 9.97 Å². The molecule has 132 valence electrons. The Bertz CT molecular complexity index is 929. The molecule has 0 radical (unpaired) electrons. The average molecular weight is 366 g/mol. The molecule has 1 heterocycles. The lowest BCUT2D eigenvalue weighted by Crippen LogP contribution is -2.31. The molecule has 1 aromatic heterocycles. The molecule has 0 unspecified atom stereocenters. The number of hydrogen-bond acceptors (Lipinski definition) is 8. The second-order valence-corrected chi connectivity index (χ2v) is 6.55. The van der Waals surface area contributed by atoms with Gasteiger partial charge in [0.15, 0.2) is 5.82 Å². The van der Waals surface area contributed by atoms with Crippen LogP contribution in [-0.2, 0) is 16.4 Å². The standard InChI is InChI=1S/C14H14N4O6S/c1-8-16-11(18-13(17-8)24-2)7-15-14(21)25(22,23)10-6-4-3-5-9(10)12(19)20/h3-6H,7H2,1-2H3,(H,15,21)(H,19,20). The first kappa shape index (κ1) is 18.3. The summed E-state index contributed by atoms with van der Waals surface area (Å²) in [5, 5.41) is 9.86. The Morgan fingerprint density at radius 1 is 1.20 bits per heavy atom. The SMILES string of the molecule is COc1nc(C)nc(CNC(=O)S(=O)(=O)c2ccccc2C(=O)O)n1. The van der Waals surface area contributed by atoms with Crippen molar-refractivity contribution in [1.82, 2.24) is 20.3 Å². The zero-order chi connectivity index (χ0) is 18.6. The van der Waals surface area contributed by atoms with Crippen molar-refractivity contribution in [2.45, 2.75) is 18.4 Å². The van der Waals surface area contributed by atoms with E-state index in [4.69, 9.17) is 9.84 Å². The smallest absolute Gasteiger partial charge is 0.341 e. The van der Waals surface area contributed by atoms with Crippen molar-refractivity contribution in [2.75, 3.05) is 7.11 Å². The highest BCUT2D eigenvalue weighted by atomic mass is 32.2. The number of rotatable bonds is 5. The van der Waals surface area contributed by atoms with Gasteiger partial charge in [-0.1, -0.05) is 12.1 Å². The normalized spacial score (nSPS) is 11.0. The van der Waals surface area contributed by atoms with Gasteiger partial charge in [0.2, 0.25) is 0 Å². The number of aromatic nitrogens is 3. The molecule has 2 aromatic rings. The molecule has 0 aliphatic heterocycles. The summed E-state index contributed by atoms with van der Waals surface area (Å²) in [6, 6.07) is 4.86. The molecule has 0 spiro atoms. The number of nitrogens with zero attached hydrogens (tertiary/aromatic N) is 3. The molecule has 0 atom stereocenters. The summed E-state index contributed by atoms with van der Waals surface area (Å²) in [5.41, 5.74) is -0.490. The van der Waals surface area contributed by atoms with Crippen LogP contribution in [0.1, 0.15) is 22.0 Å². The highest BCUT2D eigenvalue weighted by molar-refractivity contribution is 8.06. The van der Waals surface area contributed by atoms with Crippen LogP contribution in [0, 0.1) is 6.92 Å². The first-order valence-electron chi connectivity index (χ1n) is 6.86. The van der Waals surface area contributed by atoms with Gasteiger partial charge in [-0.15, -0.1) is 0 Å². The molecule has 1 aromatic carbocycles. The van der Waals surface area contributed by atoms with Crippen molar-refractivity contribution in [3.05, 3.63) is 41.5 Å². The summed E-state index contributed by atoms with van der Waals surface area (Å²) in [6.07, 6.45) is 0. The van der Waals surface area contributed by atoms with Gasteiger partial charge >= 0.3 is 17.2 Å². The van der Waals surface area contributed by atoms with Crippen LogP contribution >= 0.6 is 0 Å². The van der Waals surface area contributed by atoms with Gasteiger partial charge in [0.1, 0.15) is 5.82 Å². The summed E-state index contributed by atoms with van der Waals surface area (Å²) in [5.74, 6) is -1.03. The number of ether oxygens (including phenoxy) is 1. The van der Waals surface area contributed by atoms with Gasteiger partial charge in [-0.25, -0.2) is 18.2 Å². The summed E-state index contributed by atoms with van der Waals surface area (Å²) >= 11 is 0. The molecule has 0 saturated carbocycles. The molecule has 10 nitrogen and oxygen atoms in total. The molecule has 25 heavy (non-hydrogen) atoms. The van der Waals surface area contributed by atoms with E-state index in [9.17, 15) is 18.0 Å². The lowest BCUT2D eigenvalue weighted by Gasteiger charge is -2.08. The Kier molecular flexibility index (Phi) is 5.27. The third-order valence-corrected chi connectivity index (χ3v) is 4.56. The maximum Gasteiger partial charge on any atom is 0.341 e. The van der Waals surface area contributed by atoms with Crippen LogP contribution < -0.4 is 10.1 Å². The maximum absolute atomic E-state index is 12.3. The fourth-order valence-electron chi connectivity index (χ4n) is 1.90. The number of nitrogens with one attached hydrogen (secondary N) is 1. The van der Waals surface area contributed by atoms with Crippen LogP contribution in [0.3, 0.4) is 0 Å². The average Bonchev–Trinajstić information content (AvgIpc) is 2.58. The van der Waals surface area contributed by atoms with Gasteiger partial charge in [-0.05, 0) is 19.1 Å². The molecule has 0 saturated heterocycles. The van der Waals surface area contributed by atoms with E-state index in [0.717, 1.165) is 12.1 Å². The number of amides is 1. The molecular weight excluding hydrogens is 352 g/mol. The summed E-state index contributed by atoms with van der Waals surface area (Å²) in [7, 11) is -3.19. The van der Waals surface area contributed by atoms with Crippen LogP contribution in [0.4, 0.5) is 4.79 Å². The lowest BCUT2D eigenvalue weighted by atomic mass is 10.2. The Hall–Kier alpha value is -3.08. The van der Waals surface area contributed by atoms with Crippen LogP contribution in [0.2, 0.25) is 0 Å². The number of aromatic carboxylic acids is 1. The maximum atomic E-state index is 12.3. The van der Waals surface area contributed by atoms with Gasteiger partial charge in [0.25, 0.3) is 9.84 Å². The number of methoxy groups -OCH3 is 1. The number of carboxylic acid groups (broad SMARTS) is 1. The molecule has 2 rings (SSSR count). The predicted octanol–water partition coefficient (Wildman–Crippen LogP) is 0.570. The van der Waals surface area contributed by atoms with E-state index in [-0.39, 0.29) is 18.4 Å². The topological polar surface area (TPSA) is 148 Å². The number of sulfone groups is 1. The van der Waals surface area contributed by atoms with Crippen molar-refractivity contribution in [2.24, 2.45) is 0 Å². The fourth-order valence-corrected chi connectivity index (χ4v) is 3.07. The number of hydrogen-bond donors (Lipinski definition) is 2. The summed E-state index contributed by atoms with van der Waals surface area (Å²) < 4.78 is 29.5. The number of carbonyl (C=O) groups excluding carboxylic acids is 1. The number of carboxylic acids is 1. The predicted molar refractivity (Wildman–Crippen MR) is 83.9 cm³/mol. The van der Waals surface area contributed by atoms with Gasteiger partial charge < -0.3 is 15.2 Å². The molecular formula is C14H14N4O6S. The Balaban J connectivity index is 2.23. The third-order valence-electron chi connectivity index (χ3n) is 3.00. The van der Waals surface area contributed by atoms with Crippen LogP contribution in [0.15, 0.2) is 29.2 Å². The third kappa shape index (κ3) is 4.07. The zero-order valence-electron chi connectivity index (χ0n) is 13.3. The number of aryl methyl sites for hydroxylation is 1. The summed E-state index contributed by atoms with van der Waals surface area (Å²) in [4.78, 5) is 34.3. The Labute approximate surface area is 142 Å². The Morgan fingerprint density at radius 2 is 1.88 bits per heavy atom. The van der Waals surface area contributed by atoms with Gasteiger partial charge in [0, 0.05) is 0 Å². The van der Waals surface area contributed by atoms with E-state index in [1.54, 1.807) is 6.92 Å².